The molecular formula is C16H17ClFNO. The van der Waals surface area contributed by atoms with Crippen LogP contribution in [0, 0.1) is 5.82 Å². The van der Waals surface area contributed by atoms with Crippen LogP contribution >= 0.6 is 11.6 Å². The van der Waals surface area contributed by atoms with Gasteiger partial charge in [0.1, 0.15) is 11.6 Å². The molecule has 106 valence electrons. The van der Waals surface area contributed by atoms with Crippen molar-refractivity contribution in [2.45, 2.75) is 13.0 Å². The molecule has 2 aromatic carbocycles. The summed E-state index contributed by atoms with van der Waals surface area (Å²) in [6.07, 6.45) is 0.826. The minimum atomic E-state index is -0.237. The first-order valence-electron chi connectivity index (χ1n) is 6.47. The quantitative estimate of drug-likeness (QED) is 0.818. The maximum Gasteiger partial charge on any atom is 0.127 e. The first-order valence-corrected chi connectivity index (χ1v) is 6.85. The molecule has 0 unspecified atom stereocenters. The summed E-state index contributed by atoms with van der Waals surface area (Å²) >= 11 is 5.85. The highest BCUT2D eigenvalue weighted by atomic mass is 35.5. The highest BCUT2D eigenvalue weighted by Crippen LogP contribution is 2.17. The van der Waals surface area contributed by atoms with Crippen molar-refractivity contribution in [2.75, 3.05) is 13.7 Å². The van der Waals surface area contributed by atoms with Crippen LogP contribution in [-0.2, 0) is 13.0 Å². The summed E-state index contributed by atoms with van der Waals surface area (Å²) < 4.78 is 18.8. The van der Waals surface area contributed by atoms with E-state index in [2.05, 4.69) is 5.32 Å². The average molecular weight is 294 g/mol. The van der Waals surface area contributed by atoms with Gasteiger partial charge in [-0.15, -0.1) is 0 Å². The van der Waals surface area contributed by atoms with Crippen LogP contribution in [0.15, 0.2) is 42.5 Å². The molecule has 1 N–H and O–H groups in total. The molecule has 0 saturated carbocycles. The topological polar surface area (TPSA) is 21.3 Å². The molecule has 2 rings (SSSR count). The van der Waals surface area contributed by atoms with Gasteiger partial charge >= 0.3 is 0 Å². The van der Waals surface area contributed by atoms with Gasteiger partial charge in [-0.2, -0.15) is 0 Å². The Hall–Kier alpha value is -1.58. The molecule has 0 atom stereocenters. The predicted molar refractivity (Wildman–Crippen MR) is 79.8 cm³/mol. The third-order valence-corrected chi connectivity index (χ3v) is 3.32. The van der Waals surface area contributed by atoms with Gasteiger partial charge in [-0.1, -0.05) is 29.8 Å². The summed E-state index contributed by atoms with van der Waals surface area (Å²) in [5.41, 5.74) is 1.71. The van der Waals surface area contributed by atoms with Gasteiger partial charge in [0.15, 0.2) is 0 Å². The second-order valence-electron chi connectivity index (χ2n) is 4.47. The van der Waals surface area contributed by atoms with Crippen molar-refractivity contribution in [3.8, 4) is 5.75 Å². The van der Waals surface area contributed by atoms with E-state index in [1.54, 1.807) is 19.2 Å². The molecule has 0 saturated heterocycles. The van der Waals surface area contributed by atoms with E-state index in [4.69, 9.17) is 16.3 Å². The van der Waals surface area contributed by atoms with Crippen LogP contribution in [-0.4, -0.2) is 13.7 Å². The summed E-state index contributed by atoms with van der Waals surface area (Å²) in [5, 5.41) is 3.76. The minimum Gasteiger partial charge on any atom is -0.496 e. The molecule has 0 aliphatic rings. The van der Waals surface area contributed by atoms with Crippen LogP contribution < -0.4 is 10.1 Å². The number of ether oxygens (including phenoxy) is 1. The monoisotopic (exact) mass is 293 g/mol. The number of hydrogen-bond acceptors (Lipinski definition) is 2. The number of rotatable bonds is 6. The lowest BCUT2D eigenvalue weighted by atomic mass is 10.1. The van der Waals surface area contributed by atoms with Gasteiger partial charge in [0.05, 0.1) is 7.11 Å². The Morgan fingerprint density at radius 3 is 2.75 bits per heavy atom. The van der Waals surface area contributed by atoms with Gasteiger partial charge in [-0.05, 0) is 42.8 Å². The third kappa shape index (κ3) is 3.95. The summed E-state index contributed by atoms with van der Waals surface area (Å²) in [6.45, 7) is 1.20. The van der Waals surface area contributed by atoms with Crippen molar-refractivity contribution < 1.29 is 9.13 Å². The van der Waals surface area contributed by atoms with Crippen LogP contribution in [0.1, 0.15) is 11.1 Å². The van der Waals surface area contributed by atoms with Crippen molar-refractivity contribution in [3.05, 3.63) is 64.4 Å². The largest absolute Gasteiger partial charge is 0.496 e. The summed E-state index contributed by atoms with van der Waals surface area (Å²) in [6, 6.07) is 12.5. The lowest BCUT2D eigenvalue weighted by molar-refractivity contribution is 0.409. The number of methoxy groups -OCH3 is 1. The van der Waals surface area contributed by atoms with Gasteiger partial charge in [0.25, 0.3) is 0 Å². The van der Waals surface area contributed by atoms with Crippen molar-refractivity contribution in [2.24, 2.45) is 0 Å². The second-order valence-corrected chi connectivity index (χ2v) is 4.91. The highest BCUT2D eigenvalue weighted by Gasteiger charge is 2.04. The Morgan fingerprint density at radius 1 is 1.15 bits per heavy atom. The zero-order valence-corrected chi connectivity index (χ0v) is 12.1. The number of benzene rings is 2. The zero-order chi connectivity index (χ0) is 14.4. The van der Waals surface area contributed by atoms with E-state index in [0.717, 1.165) is 24.3 Å². The fourth-order valence-electron chi connectivity index (χ4n) is 2.03. The fraction of sp³-hybridized carbons (Fsp3) is 0.250. The van der Waals surface area contributed by atoms with E-state index in [1.165, 1.54) is 6.07 Å². The van der Waals surface area contributed by atoms with Gasteiger partial charge in [-0.25, -0.2) is 4.39 Å². The molecule has 0 bridgehead atoms. The summed E-state index contributed by atoms with van der Waals surface area (Å²) in [5.74, 6) is 0.641. The Balaban J connectivity index is 1.86. The highest BCUT2D eigenvalue weighted by molar-refractivity contribution is 6.30. The third-order valence-electron chi connectivity index (χ3n) is 3.09. The smallest absolute Gasteiger partial charge is 0.127 e. The maximum absolute atomic E-state index is 13.5. The van der Waals surface area contributed by atoms with Crippen molar-refractivity contribution in [1.82, 2.24) is 5.32 Å². The van der Waals surface area contributed by atoms with Gasteiger partial charge in [0, 0.05) is 17.1 Å². The van der Waals surface area contributed by atoms with Gasteiger partial charge in [0.2, 0.25) is 0 Å². The SMILES string of the molecule is COc1ccccc1CCNCc1cc(Cl)ccc1F. The van der Waals surface area contributed by atoms with Crippen LogP contribution in [0.3, 0.4) is 0 Å². The molecule has 0 aliphatic carbocycles. The van der Waals surface area contributed by atoms with Crippen LogP contribution in [0.2, 0.25) is 5.02 Å². The van der Waals surface area contributed by atoms with E-state index < -0.39 is 0 Å². The zero-order valence-electron chi connectivity index (χ0n) is 11.3. The average Bonchev–Trinajstić information content (AvgIpc) is 2.47. The summed E-state index contributed by atoms with van der Waals surface area (Å²) in [4.78, 5) is 0. The Labute approximate surface area is 123 Å². The Bertz CT molecular complexity index is 574. The summed E-state index contributed by atoms with van der Waals surface area (Å²) in [7, 11) is 1.66. The molecule has 0 fully saturated rings. The minimum absolute atomic E-state index is 0.237. The van der Waals surface area contributed by atoms with Gasteiger partial charge in [-0.3, -0.25) is 0 Å². The molecule has 0 spiro atoms. The lowest BCUT2D eigenvalue weighted by Gasteiger charge is -2.09. The number of para-hydroxylation sites is 1. The maximum atomic E-state index is 13.5. The first kappa shape index (κ1) is 14.8. The number of hydrogen-bond donors (Lipinski definition) is 1. The van der Waals surface area contributed by atoms with Crippen molar-refractivity contribution in [3.63, 3.8) is 0 Å². The molecule has 0 aromatic heterocycles. The number of halogens is 2. The lowest BCUT2D eigenvalue weighted by Crippen LogP contribution is -2.17. The second kappa shape index (κ2) is 7.27. The molecular weight excluding hydrogens is 277 g/mol. The molecule has 2 aromatic rings. The molecule has 0 radical (unpaired) electrons. The Kier molecular flexibility index (Phi) is 5.39. The van der Waals surface area contributed by atoms with E-state index in [0.29, 0.717) is 17.1 Å². The van der Waals surface area contributed by atoms with E-state index >= 15 is 0 Å². The predicted octanol–water partition coefficient (Wildman–Crippen LogP) is 3.82. The molecule has 20 heavy (non-hydrogen) atoms. The van der Waals surface area contributed by atoms with Crippen molar-refractivity contribution in [1.29, 1.82) is 0 Å². The van der Waals surface area contributed by atoms with Crippen LogP contribution in [0.5, 0.6) is 5.75 Å². The first-order chi connectivity index (χ1) is 9.70. The standard InChI is InChI=1S/C16H17ClFNO/c1-20-16-5-3-2-4-12(16)8-9-19-11-13-10-14(17)6-7-15(13)18/h2-7,10,19H,8-9,11H2,1H3. The molecule has 0 amide bonds. The van der Waals surface area contributed by atoms with Crippen LogP contribution in [0.4, 0.5) is 4.39 Å². The van der Waals surface area contributed by atoms with Gasteiger partial charge < -0.3 is 10.1 Å². The normalized spacial score (nSPS) is 10.6. The Morgan fingerprint density at radius 2 is 1.95 bits per heavy atom. The fourth-order valence-corrected chi connectivity index (χ4v) is 2.23. The van der Waals surface area contributed by atoms with E-state index in [9.17, 15) is 4.39 Å². The number of nitrogens with one attached hydrogen (secondary N) is 1. The molecule has 0 heterocycles. The van der Waals surface area contributed by atoms with Crippen molar-refractivity contribution >= 4 is 11.6 Å². The van der Waals surface area contributed by atoms with E-state index in [-0.39, 0.29) is 5.82 Å². The molecule has 4 heteroatoms. The molecule has 0 aliphatic heterocycles. The van der Waals surface area contributed by atoms with E-state index in [1.807, 2.05) is 24.3 Å². The van der Waals surface area contributed by atoms with Crippen LogP contribution in [0.25, 0.3) is 0 Å². The molecule has 2 nitrogen and oxygen atoms in total.